The van der Waals surface area contributed by atoms with Gasteiger partial charge in [0.2, 0.25) is 11.8 Å². The zero-order chi connectivity index (χ0) is 26.2. The van der Waals surface area contributed by atoms with Crippen LogP contribution in [-0.4, -0.2) is 29.4 Å². The number of hydrogen-bond acceptors (Lipinski definition) is 5. The lowest BCUT2D eigenvalue weighted by Crippen LogP contribution is -2.49. The van der Waals surface area contributed by atoms with Gasteiger partial charge in [0.1, 0.15) is 5.75 Å². The van der Waals surface area contributed by atoms with E-state index < -0.39 is 11.8 Å². The number of thiocarbonyl (C=S) groups is 1. The molecule has 188 valence electrons. The van der Waals surface area contributed by atoms with Gasteiger partial charge in [-0.15, -0.1) is 0 Å². The first-order chi connectivity index (χ1) is 17.1. The Kier molecular flexibility index (Phi) is 9.80. The van der Waals surface area contributed by atoms with E-state index in [4.69, 9.17) is 17.0 Å². The van der Waals surface area contributed by atoms with Crippen molar-refractivity contribution in [2.24, 2.45) is 0 Å². The molecular formula is C25H24Br2N4O4S. The van der Waals surface area contributed by atoms with E-state index in [1.165, 1.54) is 0 Å². The third-order valence-corrected chi connectivity index (χ3v) is 6.56. The Bertz CT molecular complexity index is 1330. The van der Waals surface area contributed by atoms with Crippen LogP contribution in [0.3, 0.4) is 0 Å². The van der Waals surface area contributed by atoms with Crippen molar-refractivity contribution in [2.45, 2.75) is 26.7 Å². The number of anilines is 1. The van der Waals surface area contributed by atoms with Crippen LogP contribution in [0.4, 0.5) is 5.69 Å². The average Bonchev–Trinajstić information content (AvgIpc) is 2.82. The molecule has 0 aliphatic carbocycles. The number of amides is 3. The second-order valence-corrected chi connectivity index (χ2v) is 10.1. The van der Waals surface area contributed by atoms with Gasteiger partial charge in [0.25, 0.3) is 5.91 Å². The summed E-state index contributed by atoms with van der Waals surface area (Å²) in [4.78, 5) is 36.3. The highest BCUT2D eigenvalue weighted by atomic mass is 79.9. The molecule has 3 aromatic rings. The molecule has 0 heterocycles. The Balaban J connectivity index is 1.37. The van der Waals surface area contributed by atoms with Crippen LogP contribution in [0.1, 0.15) is 24.0 Å². The van der Waals surface area contributed by atoms with Gasteiger partial charge in [0, 0.05) is 23.0 Å². The van der Waals surface area contributed by atoms with Crippen molar-refractivity contribution >= 4 is 83.4 Å². The van der Waals surface area contributed by atoms with E-state index in [0.717, 1.165) is 30.8 Å². The number of carbonyl (C=O) groups excluding carboxylic acids is 3. The molecule has 0 radical (unpaired) electrons. The summed E-state index contributed by atoms with van der Waals surface area (Å²) in [7, 11) is 0. The molecule has 0 fully saturated rings. The zero-order valence-electron chi connectivity index (χ0n) is 19.5. The maximum absolute atomic E-state index is 12.2. The maximum Gasteiger partial charge on any atom is 0.264 e. The molecule has 36 heavy (non-hydrogen) atoms. The number of hydrazine groups is 1. The fourth-order valence-electron chi connectivity index (χ4n) is 3.27. The quantitative estimate of drug-likeness (QED) is 0.219. The van der Waals surface area contributed by atoms with E-state index in [2.05, 4.69) is 53.3 Å². The van der Waals surface area contributed by atoms with Crippen molar-refractivity contribution in [2.75, 3.05) is 11.9 Å². The first-order valence-corrected chi connectivity index (χ1v) is 12.9. The van der Waals surface area contributed by atoms with Gasteiger partial charge in [0.15, 0.2) is 11.7 Å². The molecule has 0 spiro atoms. The molecule has 0 saturated carbocycles. The van der Waals surface area contributed by atoms with Crippen molar-refractivity contribution < 1.29 is 19.1 Å². The van der Waals surface area contributed by atoms with Crippen LogP contribution in [0.2, 0.25) is 0 Å². The smallest absolute Gasteiger partial charge is 0.264 e. The summed E-state index contributed by atoms with van der Waals surface area (Å²) in [6.07, 6.45) is -0.0681. The fourth-order valence-corrected chi connectivity index (χ4v) is 4.43. The van der Waals surface area contributed by atoms with E-state index in [-0.39, 0.29) is 30.5 Å². The lowest BCUT2D eigenvalue weighted by molar-refractivity contribution is -0.125. The minimum absolute atomic E-state index is 0.00855. The molecule has 3 aromatic carbocycles. The number of rotatable bonds is 7. The van der Waals surface area contributed by atoms with Crippen LogP contribution in [0.15, 0.2) is 57.5 Å². The highest BCUT2D eigenvalue weighted by Crippen LogP contribution is 2.34. The topological polar surface area (TPSA) is 109 Å². The van der Waals surface area contributed by atoms with Crippen molar-refractivity contribution in [1.29, 1.82) is 0 Å². The minimum Gasteiger partial charge on any atom is -0.483 e. The molecule has 0 aliphatic heterocycles. The number of halogens is 2. The second-order valence-electron chi connectivity index (χ2n) is 7.95. The van der Waals surface area contributed by atoms with E-state index in [0.29, 0.717) is 11.4 Å². The SMILES string of the molecule is Cc1ccc(NC(=O)CCC(=O)NNC(=S)NC(=O)COc2ccc3cc(Br)ccc3c2Br)c(C)c1. The summed E-state index contributed by atoms with van der Waals surface area (Å²) in [6, 6.07) is 15.2. The number of hydrogen-bond donors (Lipinski definition) is 4. The van der Waals surface area contributed by atoms with E-state index >= 15 is 0 Å². The summed E-state index contributed by atoms with van der Waals surface area (Å²) in [6.45, 7) is 3.59. The summed E-state index contributed by atoms with van der Waals surface area (Å²) >= 11 is 12.0. The zero-order valence-corrected chi connectivity index (χ0v) is 23.5. The van der Waals surface area contributed by atoms with Gasteiger partial charge in [0.05, 0.1) is 4.47 Å². The molecular weight excluding hydrogens is 612 g/mol. The van der Waals surface area contributed by atoms with Crippen LogP contribution >= 0.6 is 44.1 Å². The Morgan fingerprint density at radius 2 is 1.64 bits per heavy atom. The molecule has 0 aliphatic rings. The van der Waals surface area contributed by atoms with Gasteiger partial charge < -0.3 is 10.1 Å². The highest BCUT2D eigenvalue weighted by Gasteiger charge is 2.12. The number of nitrogens with one attached hydrogen (secondary N) is 4. The van der Waals surface area contributed by atoms with Crippen LogP contribution in [0, 0.1) is 13.8 Å². The molecule has 0 aromatic heterocycles. The lowest BCUT2D eigenvalue weighted by Gasteiger charge is -2.13. The number of fused-ring (bicyclic) bond motifs is 1. The van der Waals surface area contributed by atoms with Crippen LogP contribution in [0.5, 0.6) is 5.75 Å². The Morgan fingerprint density at radius 1 is 0.889 bits per heavy atom. The summed E-state index contributed by atoms with van der Waals surface area (Å²) in [5, 5.41) is 7.06. The van der Waals surface area contributed by atoms with Gasteiger partial charge in [-0.1, -0.05) is 45.8 Å². The monoisotopic (exact) mass is 634 g/mol. The van der Waals surface area contributed by atoms with Crippen molar-refractivity contribution in [3.05, 3.63) is 68.6 Å². The number of benzene rings is 3. The number of aryl methyl sites for hydroxylation is 2. The van der Waals surface area contributed by atoms with Gasteiger partial charge in [-0.3, -0.25) is 30.6 Å². The first-order valence-electron chi connectivity index (χ1n) is 10.9. The summed E-state index contributed by atoms with van der Waals surface area (Å²) in [5.74, 6) is -0.730. The minimum atomic E-state index is -0.502. The molecule has 0 unspecified atom stereocenters. The average molecular weight is 636 g/mol. The van der Waals surface area contributed by atoms with Crippen molar-refractivity contribution in [1.82, 2.24) is 16.2 Å². The third-order valence-electron chi connectivity index (χ3n) is 5.04. The van der Waals surface area contributed by atoms with E-state index in [9.17, 15) is 14.4 Å². The molecule has 4 N–H and O–H groups in total. The van der Waals surface area contributed by atoms with Crippen LogP contribution < -0.4 is 26.2 Å². The first kappa shape index (κ1) is 27.6. The molecule has 8 nitrogen and oxygen atoms in total. The molecule has 3 amide bonds. The Labute approximate surface area is 230 Å². The summed E-state index contributed by atoms with van der Waals surface area (Å²) in [5.41, 5.74) is 7.55. The summed E-state index contributed by atoms with van der Waals surface area (Å²) < 4.78 is 7.30. The standard InChI is InChI=1S/C25H24Br2N4O4S/c1-14-3-7-19(15(2)11-14)28-21(32)9-10-22(33)30-31-25(36)29-23(34)13-35-20-8-4-16-12-17(26)5-6-18(16)24(20)27/h3-8,11-12H,9-10,13H2,1-2H3,(H,28,32)(H,30,33)(H2,29,31,34,36). The maximum atomic E-state index is 12.2. The second kappa shape index (κ2) is 12.8. The lowest BCUT2D eigenvalue weighted by atomic mass is 10.1. The third kappa shape index (κ3) is 8.00. The van der Waals surface area contributed by atoms with Crippen LogP contribution in [-0.2, 0) is 14.4 Å². The van der Waals surface area contributed by atoms with Crippen LogP contribution in [0.25, 0.3) is 10.8 Å². The highest BCUT2D eigenvalue weighted by molar-refractivity contribution is 9.11. The molecule has 0 saturated heterocycles. The fraction of sp³-hybridized carbons (Fsp3) is 0.200. The normalized spacial score (nSPS) is 10.4. The molecule has 0 atom stereocenters. The van der Waals surface area contributed by atoms with Gasteiger partial charge in [-0.2, -0.15) is 0 Å². The van der Waals surface area contributed by atoms with E-state index in [1.54, 1.807) is 6.07 Å². The largest absolute Gasteiger partial charge is 0.483 e. The number of ether oxygens (including phenoxy) is 1. The van der Waals surface area contributed by atoms with E-state index in [1.807, 2.05) is 56.3 Å². The van der Waals surface area contributed by atoms with Crippen molar-refractivity contribution in [3.63, 3.8) is 0 Å². The molecule has 0 bridgehead atoms. The number of carbonyl (C=O) groups is 3. The Morgan fingerprint density at radius 3 is 2.39 bits per heavy atom. The molecule has 3 rings (SSSR count). The van der Waals surface area contributed by atoms with Gasteiger partial charge >= 0.3 is 0 Å². The van der Waals surface area contributed by atoms with Gasteiger partial charge in [-0.25, -0.2) is 0 Å². The van der Waals surface area contributed by atoms with Crippen molar-refractivity contribution in [3.8, 4) is 5.75 Å². The predicted molar refractivity (Wildman–Crippen MR) is 151 cm³/mol. The predicted octanol–water partition coefficient (Wildman–Crippen LogP) is 4.80. The molecule has 11 heteroatoms. The van der Waals surface area contributed by atoms with Gasteiger partial charge in [-0.05, 0) is 82.6 Å². The Hall–Kier alpha value is -3.02.